The Balaban J connectivity index is 2.79. The first-order valence-electron chi connectivity index (χ1n) is 5.02. The number of nitrogens with zero attached hydrogens (tertiary/aromatic N) is 1. The molecule has 0 unspecified atom stereocenters. The second-order valence-electron chi connectivity index (χ2n) is 3.52. The van der Waals surface area contributed by atoms with Gasteiger partial charge < -0.3 is 20.3 Å². The average molecular weight is 270 g/mol. The van der Waals surface area contributed by atoms with E-state index in [1.54, 1.807) is 0 Å². The van der Waals surface area contributed by atoms with Gasteiger partial charge in [-0.05, 0) is 0 Å². The molecule has 18 heavy (non-hydrogen) atoms. The zero-order valence-electron chi connectivity index (χ0n) is 9.82. The summed E-state index contributed by atoms with van der Waals surface area (Å²) < 4.78 is 10.4. The predicted molar refractivity (Wildman–Crippen MR) is 68.2 cm³/mol. The number of anilines is 1. The number of aromatic hydroxyl groups is 1. The second-order valence-corrected chi connectivity index (χ2v) is 3.90. The van der Waals surface area contributed by atoms with Gasteiger partial charge in [0.05, 0.1) is 31.0 Å². The molecule has 0 amide bonds. The van der Waals surface area contributed by atoms with Crippen molar-refractivity contribution < 1.29 is 14.6 Å². The van der Waals surface area contributed by atoms with E-state index in [-0.39, 0.29) is 10.8 Å². The molecule has 0 aliphatic heterocycles. The first-order valence-corrected chi connectivity index (χ1v) is 5.40. The maximum absolute atomic E-state index is 9.78. The van der Waals surface area contributed by atoms with Crippen molar-refractivity contribution in [1.29, 1.82) is 0 Å². The van der Waals surface area contributed by atoms with Gasteiger partial charge >= 0.3 is 0 Å². The summed E-state index contributed by atoms with van der Waals surface area (Å²) in [7, 11) is 2.94. The Kier molecular flexibility index (Phi) is 3.20. The van der Waals surface area contributed by atoms with Crippen molar-refractivity contribution in [2.45, 2.75) is 0 Å². The summed E-state index contributed by atoms with van der Waals surface area (Å²) in [6.45, 7) is 0. The van der Waals surface area contributed by atoms with Crippen molar-refractivity contribution >= 4 is 17.4 Å². The lowest BCUT2D eigenvalue weighted by molar-refractivity contribution is 0.353. The number of aromatic amines is 1. The first kappa shape index (κ1) is 12.4. The number of benzene rings is 1. The molecule has 1 heterocycles. The normalized spacial score (nSPS) is 10.4. The van der Waals surface area contributed by atoms with Gasteiger partial charge in [0.1, 0.15) is 11.6 Å². The van der Waals surface area contributed by atoms with E-state index in [2.05, 4.69) is 10.2 Å². The molecule has 0 aliphatic rings. The van der Waals surface area contributed by atoms with Crippen LogP contribution in [0.2, 0.25) is 5.02 Å². The van der Waals surface area contributed by atoms with Gasteiger partial charge in [-0.3, -0.25) is 5.10 Å². The summed E-state index contributed by atoms with van der Waals surface area (Å²) in [5.74, 6) is 0.941. The van der Waals surface area contributed by atoms with E-state index in [9.17, 15) is 5.11 Å². The third kappa shape index (κ3) is 1.80. The molecule has 4 N–H and O–H groups in total. The van der Waals surface area contributed by atoms with Crippen molar-refractivity contribution in [3.05, 3.63) is 17.3 Å². The summed E-state index contributed by atoms with van der Waals surface area (Å²) in [5.41, 5.74) is 6.72. The summed E-state index contributed by atoms with van der Waals surface area (Å²) in [5, 5.41) is 16.3. The fourth-order valence-electron chi connectivity index (χ4n) is 1.69. The monoisotopic (exact) mass is 269 g/mol. The molecule has 2 aromatic rings. The highest BCUT2D eigenvalue weighted by Gasteiger charge is 2.22. The van der Waals surface area contributed by atoms with E-state index in [4.69, 9.17) is 26.8 Å². The minimum atomic E-state index is -0.120. The van der Waals surface area contributed by atoms with Crippen LogP contribution >= 0.6 is 11.6 Å². The van der Waals surface area contributed by atoms with E-state index in [1.807, 2.05) is 0 Å². The number of rotatable bonds is 3. The summed E-state index contributed by atoms with van der Waals surface area (Å²) in [6.07, 6.45) is 1.50. The molecular weight excluding hydrogens is 258 g/mol. The van der Waals surface area contributed by atoms with Gasteiger partial charge in [0.2, 0.25) is 0 Å². The highest BCUT2D eigenvalue weighted by molar-refractivity contribution is 6.35. The van der Waals surface area contributed by atoms with Crippen LogP contribution in [0.15, 0.2) is 12.3 Å². The molecule has 96 valence electrons. The van der Waals surface area contributed by atoms with Crippen LogP contribution in [-0.2, 0) is 0 Å². The van der Waals surface area contributed by atoms with E-state index >= 15 is 0 Å². The summed E-state index contributed by atoms with van der Waals surface area (Å²) >= 11 is 6.09. The zero-order valence-corrected chi connectivity index (χ0v) is 10.6. The molecule has 0 radical (unpaired) electrons. The number of phenolic OH excluding ortho intramolecular Hbond substituents is 1. The summed E-state index contributed by atoms with van der Waals surface area (Å²) in [6, 6.07) is 1.38. The Morgan fingerprint density at radius 2 is 2.11 bits per heavy atom. The van der Waals surface area contributed by atoms with Gasteiger partial charge in [-0.2, -0.15) is 5.10 Å². The lowest BCUT2D eigenvalue weighted by Crippen LogP contribution is -1.96. The van der Waals surface area contributed by atoms with E-state index in [0.29, 0.717) is 28.4 Å². The number of hydrogen-bond donors (Lipinski definition) is 3. The third-order valence-electron chi connectivity index (χ3n) is 2.53. The Bertz CT molecular complexity index is 583. The van der Waals surface area contributed by atoms with E-state index in [0.717, 1.165) is 0 Å². The van der Waals surface area contributed by atoms with Gasteiger partial charge in [0, 0.05) is 11.6 Å². The van der Waals surface area contributed by atoms with Crippen LogP contribution in [0.5, 0.6) is 17.2 Å². The third-order valence-corrected chi connectivity index (χ3v) is 2.91. The number of methoxy groups -OCH3 is 2. The number of phenols is 1. The van der Waals surface area contributed by atoms with Crippen LogP contribution in [0.25, 0.3) is 11.1 Å². The van der Waals surface area contributed by atoms with Gasteiger partial charge in [-0.1, -0.05) is 11.6 Å². The number of nitrogen functional groups attached to an aromatic ring is 1. The van der Waals surface area contributed by atoms with Crippen molar-refractivity contribution in [3.63, 3.8) is 0 Å². The number of nitrogens with two attached hydrogens (primary N) is 1. The lowest BCUT2D eigenvalue weighted by Gasteiger charge is -2.14. The molecule has 1 aromatic heterocycles. The van der Waals surface area contributed by atoms with Gasteiger partial charge in [-0.15, -0.1) is 0 Å². The minimum absolute atomic E-state index is 0.120. The van der Waals surface area contributed by atoms with Gasteiger partial charge in [0.15, 0.2) is 11.5 Å². The highest BCUT2D eigenvalue weighted by Crippen LogP contribution is 2.48. The van der Waals surface area contributed by atoms with Crippen LogP contribution in [0.3, 0.4) is 0 Å². The number of ether oxygens (including phenoxy) is 2. The van der Waals surface area contributed by atoms with E-state index < -0.39 is 0 Å². The number of hydrogen-bond acceptors (Lipinski definition) is 5. The lowest BCUT2D eigenvalue weighted by atomic mass is 10.1. The Morgan fingerprint density at radius 3 is 2.61 bits per heavy atom. The Labute approximate surface area is 108 Å². The molecule has 0 atom stereocenters. The second kappa shape index (κ2) is 4.66. The fourth-order valence-corrected chi connectivity index (χ4v) is 1.94. The smallest absolute Gasteiger partial charge is 0.170 e. The fraction of sp³-hybridized carbons (Fsp3) is 0.182. The summed E-state index contributed by atoms with van der Waals surface area (Å²) in [4.78, 5) is 0. The molecule has 2 rings (SSSR count). The minimum Gasteiger partial charge on any atom is -0.506 e. The van der Waals surface area contributed by atoms with Crippen LogP contribution < -0.4 is 15.2 Å². The van der Waals surface area contributed by atoms with Gasteiger partial charge in [-0.25, -0.2) is 0 Å². The zero-order chi connectivity index (χ0) is 13.3. The van der Waals surface area contributed by atoms with Crippen molar-refractivity contribution in [1.82, 2.24) is 10.2 Å². The first-order chi connectivity index (χ1) is 8.60. The quantitative estimate of drug-likeness (QED) is 0.793. The van der Waals surface area contributed by atoms with Gasteiger partial charge in [0.25, 0.3) is 0 Å². The van der Waals surface area contributed by atoms with Crippen LogP contribution in [0.1, 0.15) is 0 Å². The van der Waals surface area contributed by atoms with Crippen molar-refractivity contribution in [3.8, 4) is 28.4 Å². The van der Waals surface area contributed by atoms with E-state index in [1.165, 1.54) is 26.5 Å². The molecule has 0 spiro atoms. The number of aromatic nitrogens is 2. The van der Waals surface area contributed by atoms with Crippen LogP contribution in [0, 0.1) is 0 Å². The number of H-pyrrole nitrogens is 1. The topological polar surface area (TPSA) is 93.4 Å². The molecule has 0 aliphatic carbocycles. The number of halogens is 1. The Hall–Kier alpha value is -2.08. The molecule has 7 heteroatoms. The standard InChI is InChI=1S/C11H12ClN3O3/c1-17-7-3-6(16)9(12)8(10(7)18-2)5-4-14-15-11(5)13/h3-4,16H,1-2H3,(H3,13,14,15). The van der Waals surface area contributed by atoms with Crippen molar-refractivity contribution in [2.24, 2.45) is 0 Å². The molecule has 0 bridgehead atoms. The van der Waals surface area contributed by atoms with Crippen LogP contribution in [0.4, 0.5) is 5.82 Å². The highest BCUT2D eigenvalue weighted by atomic mass is 35.5. The molecule has 0 saturated heterocycles. The maximum atomic E-state index is 9.78. The molecule has 1 aromatic carbocycles. The molecular formula is C11H12ClN3O3. The Morgan fingerprint density at radius 1 is 1.39 bits per heavy atom. The SMILES string of the molecule is COc1cc(O)c(Cl)c(-c2cn[nH]c2N)c1OC. The van der Waals surface area contributed by atoms with Crippen molar-refractivity contribution in [2.75, 3.05) is 20.0 Å². The number of nitrogens with one attached hydrogen (secondary N) is 1. The maximum Gasteiger partial charge on any atom is 0.170 e. The molecule has 0 fully saturated rings. The largest absolute Gasteiger partial charge is 0.506 e. The predicted octanol–water partition coefficient (Wildman–Crippen LogP) is 2.04. The molecule has 0 saturated carbocycles. The molecule has 6 nitrogen and oxygen atoms in total. The van der Waals surface area contributed by atoms with Crippen LogP contribution in [-0.4, -0.2) is 29.5 Å². The average Bonchev–Trinajstić information content (AvgIpc) is 2.78.